The second-order valence-electron chi connectivity index (χ2n) is 5.08. The normalized spacial score (nSPS) is 10.3. The molecule has 6 nitrogen and oxygen atoms in total. The van der Waals surface area contributed by atoms with Crippen LogP contribution in [0.3, 0.4) is 0 Å². The Balaban J connectivity index is 0.00000126. The van der Waals surface area contributed by atoms with E-state index >= 15 is 0 Å². The number of halogens is 2. The summed E-state index contributed by atoms with van der Waals surface area (Å²) < 4.78 is 24.7. The van der Waals surface area contributed by atoms with Crippen molar-refractivity contribution in [2.24, 2.45) is 0 Å². The number of alkyl halides is 2. The van der Waals surface area contributed by atoms with Gasteiger partial charge in [0.1, 0.15) is 5.82 Å². The highest BCUT2D eigenvalue weighted by atomic mass is 32.1. The lowest BCUT2D eigenvalue weighted by Gasteiger charge is -2.11. The van der Waals surface area contributed by atoms with Gasteiger partial charge in [-0.15, -0.1) is 11.3 Å². The predicted molar refractivity (Wildman–Crippen MR) is 103 cm³/mol. The fourth-order valence-electron chi connectivity index (χ4n) is 2.17. The van der Waals surface area contributed by atoms with Crippen LogP contribution in [0.2, 0.25) is 0 Å². The van der Waals surface area contributed by atoms with Gasteiger partial charge in [-0.2, -0.15) is 5.10 Å². The molecule has 1 aromatic carbocycles. The SMILES string of the molecule is CC.O=C(NCc1nc(-c2cccs2)n[nH]1)c1ccccc1NCC(F)F. The Morgan fingerprint density at radius 1 is 1.22 bits per heavy atom. The number of carbonyl (C=O) groups excluding carboxylic acids is 1. The van der Waals surface area contributed by atoms with E-state index in [1.54, 1.807) is 24.3 Å². The molecule has 1 amide bonds. The molecule has 3 rings (SSSR count). The smallest absolute Gasteiger partial charge is 0.255 e. The Bertz CT molecular complexity index is 836. The minimum absolute atomic E-state index is 0.153. The zero-order chi connectivity index (χ0) is 19.6. The number of para-hydroxylation sites is 1. The molecular formula is C18H21F2N5OS. The third kappa shape index (κ3) is 5.85. The summed E-state index contributed by atoms with van der Waals surface area (Å²) in [6.45, 7) is 3.64. The number of carbonyl (C=O) groups is 1. The first kappa shape index (κ1) is 20.5. The first-order valence-electron chi connectivity index (χ1n) is 8.48. The van der Waals surface area contributed by atoms with Gasteiger partial charge in [-0.05, 0) is 23.6 Å². The predicted octanol–water partition coefficient (Wildman–Crippen LogP) is 4.17. The summed E-state index contributed by atoms with van der Waals surface area (Å²) >= 11 is 1.52. The summed E-state index contributed by atoms with van der Waals surface area (Å²) in [6, 6.07) is 10.3. The van der Waals surface area contributed by atoms with Gasteiger partial charge < -0.3 is 10.6 Å². The van der Waals surface area contributed by atoms with E-state index in [4.69, 9.17) is 0 Å². The zero-order valence-corrected chi connectivity index (χ0v) is 15.8. The molecular weight excluding hydrogens is 372 g/mol. The Kier molecular flexibility index (Phi) is 7.87. The molecule has 0 atom stereocenters. The first-order chi connectivity index (χ1) is 13.1. The van der Waals surface area contributed by atoms with Gasteiger partial charge in [0.05, 0.1) is 23.5 Å². The van der Waals surface area contributed by atoms with Crippen LogP contribution < -0.4 is 10.6 Å². The quantitative estimate of drug-likeness (QED) is 0.563. The van der Waals surface area contributed by atoms with E-state index in [2.05, 4.69) is 25.8 Å². The third-order valence-electron chi connectivity index (χ3n) is 3.31. The zero-order valence-electron chi connectivity index (χ0n) is 15.0. The monoisotopic (exact) mass is 393 g/mol. The molecule has 0 spiro atoms. The number of anilines is 1. The van der Waals surface area contributed by atoms with Crippen LogP contribution in [0.5, 0.6) is 0 Å². The number of aromatic nitrogens is 3. The molecule has 3 N–H and O–H groups in total. The number of nitrogens with zero attached hydrogens (tertiary/aromatic N) is 2. The number of thiophene rings is 1. The molecule has 0 fully saturated rings. The molecule has 2 aromatic heterocycles. The van der Waals surface area contributed by atoms with Crippen molar-refractivity contribution in [3.05, 3.63) is 53.2 Å². The summed E-state index contributed by atoms with van der Waals surface area (Å²) in [4.78, 5) is 17.6. The second kappa shape index (κ2) is 10.4. The molecule has 144 valence electrons. The van der Waals surface area contributed by atoms with Crippen molar-refractivity contribution in [2.45, 2.75) is 26.8 Å². The van der Waals surface area contributed by atoms with Crippen molar-refractivity contribution in [1.29, 1.82) is 0 Å². The van der Waals surface area contributed by atoms with Crippen molar-refractivity contribution in [2.75, 3.05) is 11.9 Å². The lowest BCUT2D eigenvalue weighted by molar-refractivity contribution is 0.0950. The van der Waals surface area contributed by atoms with Crippen molar-refractivity contribution < 1.29 is 13.6 Å². The van der Waals surface area contributed by atoms with E-state index in [9.17, 15) is 13.6 Å². The van der Waals surface area contributed by atoms with Crippen LogP contribution in [0.15, 0.2) is 41.8 Å². The number of nitrogens with one attached hydrogen (secondary N) is 3. The number of aromatic amines is 1. The highest BCUT2D eigenvalue weighted by Gasteiger charge is 2.13. The number of amides is 1. The lowest BCUT2D eigenvalue weighted by atomic mass is 10.1. The van der Waals surface area contributed by atoms with E-state index in [0.29, 0.717) is 22.9 Å². The molecule has 2 heterocycles. The average molecular weight is 393 g/mol. The van der Waals surface area contributed by atoms with Crippen LogP contribution >= 0.6 is 11.3 Å². The average Bonchev–Trinajstić information content (AvgIpc) is 3.38. The Hall–Kier alpha value is -2.81. The second-order valence-corrected chi connectivity index (χ2v) is 6.03. The molecule has 0 aliphatic heterocycles. The summed E-state index contributed by atoms with van der Waals surface area (Å²) in [5.41, 5.74) is 0.651. The molecule has 3 aromatic rings. The number of H-pyrrole nitrogens is 1. The highest BCUT2D eigenvalue weighted by molar-refractivity contribution is 7.13. The van der Waals surface area contributed by atoms with E-state index in [1.165, 1.54) is 11.3 Å². The van der Waals surface area contributed by atoms with Crippen LogP contribution in [-0.4, -0.2) is 34.1 Å². The fourth-order valence-corrected chi connectivity index (χ4v) is 2.83. The summed E-state index contributed by atoms with van der Waals surface area (Å²) in [7, 11) is 0. The van der Waals surface area contributed by atoms with Crippen molar-refractivity contribution in [3.8, 4) is 10.7 Å². The Morgan fingerprint density at radius 3 is 2.70 bits per heavy atom. The number of hydrogen-bond donors (Lipinski definition) is 3. The number of rotatable bonds is 7. The van der Waals surface area contributed by atoms with Crippen LogP contribution in [0.1, 0.15) is 30.0 Å². The van der Waals surface area contributed by atoms with Crippen molar-refractivity contribution in [1.82, 2.24) is 20.5 Å². The van der Waals surface area contributed by atoms with Crippen LogP contribution in [0.25, 0.3) is 10.7 Å². The standard InChI is InChI=1S/C16H15F2N5OS.C2H6/c17-13(18)8-19-11-5-2-1-4-10(11)16(24)20-9-14-21-15(23-22-14)12-6-3-7-25-12;1-2/h1-7,13,19H,8-9H2,(H,20,24)(H,21,22,23);1-2H3. The molecule has 0 radical (unpaired) electrons. The molecule has 0 bridgehead atoms. The molecule has 0 unspecified atom stereocenters. The van der Waals surface area contributed by atoms with E-state index in [-0.39, 0.29) is 12.5 Å². The summed E-state index contributed by atoms with van der Waals surface area (Å²) in [5.74, 6) is 0.694. The number of hydrogen-bond acceptors (Lipinski definition) is 5. The lowest BCUT2D eigenvalue weighted by Crippen LogP contribution is -2.25. The summed E-state index contributed by atoms with van der Waals surface area (Å²) in [5, 5.41) is 14.1. The van der Waals surface area contributed by atoms with E-state index < -0.39 is 13.0 Å². The van der Waals surface area contributed by atoms with E-state index in [0.717, 1.165) is 4.88 Å². The summed E-state index contributed by atoms with van der Waals surface area (Å²) in [6.07, 6.45) is -2.50. The molecule has 0 aliphatic rings. The maximum Gasteiger partial charge on any atom is 0.255 e. The van der Waals surface area contributed by atoms with E-state index in [1.807, 2.05) is 31.4 Å². The Morgan fingerprint density at radius 2 is 2.00 bits per heavy atom. The molecule has 27 heavy (non-hydrogen) atoms. The largest absolute Gasteiger partial charge is 0.379 e. The van der Waals surface area contributed by atoms with Gasteiger partial charge >= 0.3 is 0 Å². The van der Waals surface area contributed by atoms with Gasteiger partial charge in [0.2, 0.25) is 0 Å². The fraction of sp³-hybridized carbons (Fsp3) is 0.278. The Labute approximate surface area is 160 Å². The van der Waals surface area contributed by atoms with Crippen LogP contribution in [0.4, 0.5) is 14.5 Å². The maximum atomic E-state index is 12.4. The van der Waals surface area contributed by atoms with Crippen molar-refractivity contribution in [3.63, 3.8) is 0 Å². The molecule has 0 saturated carbocycles. The minimum atomic E-state index is -2.50. The third-order valence-corrected chi connectivity index (χ3v) is 4.17. The topological polar surface area (TPSA) is 82.7 Å². The van der Waals surface area contributed by atoms with Gasteiger partial charge in [0.15, 0.2) is 5.82 Å². The van der Waals surface area contributed by atoms with Gasteiger partial charge in [-0.25, -0.2) is 13.8 Å². The molecule has 0 aliphatic carbocycles. The minimum Gasteiger partial charge on any atom is -0.379 e. The highest BCUT2D eigenvalue weighted by Crippen LogP contribution is 2.20. The molecule has 0 saturated heterocycles. The van der Waals surface area contributed by atoms with Gasteiger partial charge in [0, 0.05) is 5.69 Å². The van der Waals surface area contributed by atoms with Gasteiger partial charge in [0.25, 0.3) is 12.3 Å². The maximum absolute atomic E-state index is 12.4. The molecule has 9 heteroatoms. The van der Waals surface area contributed by atoms with Gasteiger partial charge in [-0.3, -0.25) is 9.89 Å². The van der Waals surface area contributed by atoms with Crippen molar-refractivity contribution >= 4 is 22.9 Å². The number of benzene rings is 1. The van der Waals surface area contributed by atoms with Crippen LogP contribution in [0, 0.1) is 0 Å². The first-order valence-corrected chi connectivity index (χ1v) is 9.36. The van der Waals surface area contributed by atoms with Gasteiger partial charge in [-0.1, -0.05) is 32.0 Å². The van der Waals surface area contributed by atoms with Crippen LogP contribution in [-0.2, 0) is 6.54 Å².